The van der Waals surface area contributed by atoms with Gasteiger partial charge in [0.25, 0.3) is 0 Å². The number of carboxylic acids is 1. The first kappa shape index (κ1) is 15.7. The van der Waals surface area contributed by atoms with Gasteiger partial charge in [-0.2, -0.15) is 0 Å². The van der Waals surface area contributed by atoms with E-state index in [0.717, 1.165) is 12.1 Å². The quantitative estimate of drug-likeness (QED) is 0.508. The van der Waals surface area contributed by atoms with Crippen molar-refractivity contribution in [3.8, 4) is 0 Å². The molecule has 0 unspecified atom stereocenters. The minimum Gasteiger partial charge on any atom is -0.478 e. The molecule has 0 aliphatic rings. The molecule has 0 radical (unpaired) electrons. The van der Waals surface area contributed by atoms with E-state index in [4.69, 9.17) is 5.11 Å². The zero-order chi connectivity index (χ0) is 16.6. The highest BCUT2D eigenvalue weighted by Crippen LogP contribution is 2.32. The summed E-state index contributed by atoms with van der Waals surface area (Å²) >= 11 is 0. The van der Waals surface area contributed by atoms with Crippen LogP contribution >= 0.6 is 0 Å². The van der Waals surface area contributed by atoms with Gasteiger partial charge >= 0.3 is 5.97 Å². The van der Waals surface area contributed by atoms with Crippen molar-refractivity contribution in [2.24, 2.45) is 0 Å². The minimum absolute atomic E-state index is 0.419. The van der Waals surface area contributed by atoms with Crippen molar-refractivity contribution in [1.82, 2.24) is 0 Å². The van der Waals surface area contributed by atoms with Crippen LogP contribution in [0.4, 0.5) is 33.3 Å². The highest BCUT2D eigenvalue weighted by atomic mass is 19.2. The molecule has 0 atom stereocenters. The van der Waals surface area contributed by atoms with Crippen LogP contribution in [0.3, 0.4) is 0 Å². The molecule has 0 fully saturated rings. The number of nitrogens with one attached hydrogen (secondary N) is 1. The molecule has 0 aromatic heterocycles. The first-order valence-electron chi connectivity index (χ1n) is 5.86. The molecule has 0 spiro atoms. The van der Waals surface area contributed by atoms with Gasteiger partial charge in [0.15, 0.2) is 23.3 Å². The molecule has 0 heterocycles. The number of hydrogen-bond donors (Lipinski definition) is 2. The first-order valence-corrected chi connectivity index (χ1v) is 5.86. The topological polar surface area (TPSA) is 49.3 Å². The molecular weight excluding hydrogens is 309 g/mol. The molecule has 2 aromatic rings. The Morgan fingerprint density at radius 2 is 1.59 bits per heavy atom. The third-order valence-electron chi connectivity index (χ3n) is 2.87. The van der Waals surface area contributed by atoms with Gasteiger partial charge in [-0.25, -0.2) is 26.7 Å². The molecule has 8 heteroatoms. The Kier molecular flexibility index (Phi) is 4.03. The fourth-order valence-corrected chi connectivity index (χ4v) is 1.81. The molecule has 2 rings (SSSR count). The monoisotopic (exact) mass is 317 g/mol. The van der Waals surface area contributed by atoms with Gasteiger partial charge in [-0.1, -0.05) is 6.07 Å². The maximum absolute atomic E-state index is 13.7. The standard InChI is InChI=1S/C14H8F5NO2/c1-5-2-3-7(6(15)4-5)20-13-8(14(21)22)9(16)10(17)11(18)12(13)19/h2-4,20H,1H3,(H,21,22). The van der Waals surface area contributed by atoms with Crippen LogP contribution in [0.25, 0.3) is 0 Å². The lowest BCUT2D eigenvalue weighted by atomic mass is 10.1. The van der Waals surface area contributed by atoms with Crippen LogP contribution in [-0.2, 0) is 0 Å². The number of halogens is 5. The van der Waals surface area contributed by atoms with Crippen molar-refractivity contribution in [1.29, 1.82) is 0 Å². The minimum atomic E-state index is -2.26. The number of hydrogen-bond acceptors (Lipinski definition) is 2. The SMILES string of the molecule is Cc1ccc(Nc2c(F)c(F)c(F)c(F)c2C(=O)O)c(F)c1. The Bertz CT molecular complexity index is 777. The van der Waals surface area contributed by atoms with E-state index in [2.05, 4.69) is 0 Å². The van der Waals surface area contributed by atoms with E-state index in [1.54, 1.807) is 6.92 Å². The van der Waals surface area contributed by atoms with Crippen LogP contribution in [0.1, 0.15) is 15.9 Å². The zero-order valence-electron chi connectivity index (χ0n) is 11.0. The van der Waals surface area contributed by atoms with E-state index < -0.39 is 52.0 Å². The lowest BCUT2D eigenvalue weighted by Gasteiger charge is -2.13. The van der Waals surface area contributed by atoms with E-state index in [1.807, 2.05) is 5.32 Å². The van der Waals surface area contributed by atoms with Gasteiger partial charge in [-0.05, 0) is 24.6 Å². The predicted molar refractivity (Wildman–Crippen MR) is 67.7 cm³/mol. The summed E-state index contributed by atoms with van der Waals surface area (Å²) in [5.74, 6) is -11.4. The molecule has 0 bridgehead atoms. The second-order valence-corrected chi connectivity index (χ2v) is 4.42. The third kappa shape index (κ3) is 2.59. The molecule has 0 aliphatic heterocycles. The summed E-state index contributed by atoms with van der Waals surface area (Å²) in [6, 6.07) is 3.56. The van der Waals surface area contributed by atoms with Crippen molar-refractivity contribution >= 4 is 17.3 Å². The summed E-state index contributed by atoms with van der Waals surface area (Å²) in [6.45, 7) is 1.56. The van der Waals surface area contributed by atoms with Crippen molar-refractivity contribution in [3.05, 3.63) is 58.4 Å². The van der Waals surface area contributed by atoms with Gasteiger partial charge < -0.3 is 10.4 Å². The number of benzene rings is 2. The first-order chi connectivity index (χ1) is 10.2. The van der Waals surface area contributed by atoms with Crippen LogP contribution in [-0.4, -0.2) is 11.1 Å². The van der Waals surface area contributed by atoms with Gasteiger partial charge in [-0.15, -0.1) is 0 Å². The van der Waals surface area contributed by atoms with E-state index in [9.17, 15) is 26.7 Å². The predicted octanol–water partition coefficient (Wildman–Crippen LogP) is 4.13. The number of rotatable bonds is 3. The number of carboxylic acid groups (broad SMARTS) is 1. The van der Waals surface area contributed by atoms with Crippen molar-refractivity contribution < 1.29 is 31.9 Å². The average Bonchev–Trinajstić information content (AvgIpc) is 2.44. The lowest BCUT2D eigenvalue weighted by molar-refractivity contribution is 0.0691. The van der Waals surface area contributed by atoms with Gasteiger partial charge in [0.2, 0.25) is 0 Å². The molecule has 2 N–H and O–H groups in total. The van der Waals surface area contributed by atoms with Gasteiger partial charge in [0.1, 0.15) is 11.4 Å². The second-order valence-electron chi connectivity index (χ2n) is 4.42. The molecule has 3 nitrogen and oxygen atoms in total. The van der Waals surface area contributed by atoms with Crippen LogP contribution in [0.2, 0.25) is 0 Å². The summed E-state index contributed by atoms with van der Waals surface area (Å²) in [4.78, 5) is 11.0. The molecule has 0 saturated heterocycles. The number of carbonyl (C=O) groups is 1. The van der Waals surface area contributed by atoms with E-state index in [0.29, 0.717) is 5.56 Å². The fraction of sp³-hybridized carbons (Fsp3) is 0.0714. The maximum Gasteiger partial charge on any atom is 0.341 e. The molecule has 0 aliphatic carbocycles. The van der Waals surface area contributed by atoms with E-state index in [-0.39, 0.29) is 0 Å². The average molecular weight is 317 g/mol. The van der Waals surface area contributed by atoms with Crippen LogP contribution < -0.4 is 5.32 Å². The molecule has 0 amide bonds. The molecular formula is C14H8F5NO2. The van der Waals surface area contributed by atoms with Crippen molar-refractivity contribution in [3.63, 3.8) is 0 Å². The van der Waals surface area contributed by atoms with Crippen LogP contribution in [0.15, 0.2) is 18.2 Å². The van der Waals surface area contributed by atoms with Crippen molar-refractivity contribution in [2.45, 2.75) is 6.92 Å². The summed E-state index contributed by atoms with van der Waals surface area (Å²) in [5, 5.41) is 10.8. The number of aromatic carboxylic acids is 1. The molecule has 2 aromatic carbocycles. The van der Waals surface area contributed by atoms with Gasteiger partial charge in [-0.3, -0.25) is 0 Å². The van der Waals surface area contributed by atoms with Crippen LogP contribution in [0, 0.1) is 36.0 Å². The summed E-state index contributed by atoms with van der Waals surface area (Å²) in [6.07, 6.45) is 0. The molecule has 0 saturated carbocycles. The third-order valence-corrected chi connectivity index (χ3v) is 2.87. The van der Waals surface area contributed by atoms with Gasteiger partial charge in [0, 0.05) is 0 Å². The summed E-state index contributed by atoms with van der Waals surface area (Å²) in [5.41, 5.74) is -2.57. The Labute approximate surface area is 121 Å². The van der Waals surface area contributed by atoms with E-state index in [1.165, 1.54) is 6.07 Å². The highest BCUT2D eigenvalue weighted by molar-refractivity contribution is 5.95. The maximum atomic E-state index is 13.7. The van der Waals surface area contributed by atoms with Crippen molar-refractivity contribution in [2.75, 3.05) is 5.32 Å². The lowest BCUT2D eigenvalue weighted by Crippen LogP contribution is -2.13. The normalized spacial score (nSPS) is 10.6. The largest absolute Gasteiger partial charge is 0.478 e. The fourth-order valence-electron chi connectivity index (χ4n) is 1.81. The zero-order valence-corrected chi connectivity index (χ0v) is 11.0. The Morgan fingerprint density at radius 3 is 2.14 bits per heavy atom. The van der Waals surface area contributed by atoms with Crippen LogP contribution in [0.5, 0.6) is 0 Å². The Morgan fingerprint density at radius 1 is 1.00 bits per heavy atom. The second kappa shape index (κ2) is 5.63. The Balaban J connectivity index is 2.66. The number of aryl methyl sites for hydroxylation is 1. The Hall–Kier alpha value is -2.64. The highest BCUT2D eigenvalue weighted by Gasteiger charge is 2.29. The molecule has 22 heavy (non-hydrogen) atoms. The number of anilines is 2. The summed E-state index contributed by atoms with van der Waals surface area (Å²) in [7, 11) is 0. The summed E-state index contributed by atoms with van der Waals surface area (Å²) < 4.78 is 67.3. The van der Waals surface area contributed by atoms with Gasteiger partial charge in [0.05, 0.1) is 11.4 Å². The molecule has 116 valence electrons. The van der Waals surface area contributed by atoms with E-state index >= 15 is 0 Å². The smallest absolute Gasteiger partial charge is 0.341 e.